The molecule has 0 aliphatic carbocycles. The zero-order valence-electron chi connectivity index (χ0n) is 16.4. The van der Waals surface area contributed by atoms with Crippen molar-refractivity contribution in [3.05, 3.63) is 33.8 Å². The molecule has 1 aliphatic rings. The van der Waals surface area contributed by atoms with Crippen LogP contribution in [0.15, 0.2) is 23.2 Å². The number of halogens is 3. The van der Waals surface area contributed by atoms with Crippen molar-refractivity contribution >= 4 is 59.0 Å². The second-order valence-electron chi connectivity index (χ2n) is 6.64. The van der Waals surface area contributed by atoms with Crippen LogP contribution in [0.2, 0.25) is 10.0 Å². The van der Waals surface area contributed by atoms with Crippen LogP contribution in [0.25, 0.3) is 0 Å². The zero-order valence-corrected chi connectivity index (χ0v) is 20.3. The van der Waals surface area contributed by atoms with E-state index in [2.05, 4.69) is 32.8 Å². The molecule has 28 heavy (non-hydrogen) atoms. The van der Waals surface area contributed by atoms with Crippen molar-refractivity contribution in [1.82, 2.24) is 20.9 Å². The molecule has 0 spiro atoms. The highest BCUT2D eigenvalue weighted by atomic mass is 127. The molecule has 1 saturated heterocycles. The van der Waals surface area contributed by atoms with Crippen LogP contribution in [0.3, 0.4) is 0 Å². The van der Waals surface area contributed by atoms with Crippen LogP contribution in [-0.2, 0) is 0 Å². The summed E-state index contributed by atoms with van der Waals surface area (Å²) in [5, 5.41) is 10.4. The van der Waals surface area contributed by atoms with Gasteiger partial charge in [0.2, 0.25) is 0 Å². The second-order valence-corrected chi connectivity index (χ2v) is 7.46. The molecule has 0 unspecified atom stereocenters. The van der Waals surface area contributed by atoms with Crippen molar-refractivity contribution in [1.29, 1.82) is 0 Å². The Morgan fingerprint density at radius 1 is 1.18 bits per heavy atom. The lowest BCUT2D eigenvalue weighted by Crippen LogP contribution is -2.49. The predicted octanol–water partition coefficient (Wildman–Crippen LogP) is 3.38. The maximum Gasteiger partial charge on any atom is 0.251 e. The Morgan fingerprint density at radius 2 is 1.86 bits per heavy atom. The average Bonchev–Trinajstić information content (AvgIpc) is 2.67. The molecule has 0 radical (unpaired) electrons. The predicted molar refractivity (Wildman–Crippen MR) is 128 cm³/mol. The van der Waals surface area contributed by atoms with Crippen LogP contribution in [0.4, 0.5) is 0 Å². The minimum Gasteiger partial charge on any atom is -0.355 e. The quantitative estimate of drug-likeness (QED) is 0.214. The summed E-state index contributed by atoms with van der Waals surface area (Å²) in [6, 6.07) is 5.28. The van der Waals surface area contributed by atoms with Gasteiger partial charge in [0.1, 0.15) is 0 Å². The van der Waals surface area contributed by atoms with Crippen molar-refractivity contribution < 1.29 is 4.79 Å². The van der Waals surface area contributed by atoms with Gasteiger partial charge < -0.3 is 20.9 Å². The molecule has 1 amide bonds. The maximum absolute atomic E-state index is 12.1. The van der Waals surface area contributed by atoms with E-state index in [0.717, 1.165) is 31.9 Å². The Morgan fingerprint density at radius 3 is 2.46 bits per heavy atom. The monoisotopic (exact) mass is 541 g/mol. The minimum absolute atomic E-state index is 0. The molecule has 1 aliphatic heterocycles. The van der Waals surface area contributed by atoms with Crippen LogP contribution in [0.1, 0.15) is 36.5 Å². The molecule has 0 saturated carbocycles. The number of nitrogens with one attached hydrogen (secondary N) is 3. The van der Waals surface area contributed by atoms with Gasteiger partial charge in [-0.15, -0.1) is 24.0 Å². The van der Waals surface area contributed by atoms with Crippen molar-refractivity contribution in [3.8, 4) is 0 Å². The lowest BCUT2D eigenvalue weighted by atomic mass is 10.1. The van der Waals surface area contributed by atoms with Crippen LogP contribution in [-0.4, -0.2) is 62.6 Å². The second kappa shape index (κ2) is 13.5. The third-order valence-corrected chi connectivity index (χ3v) is 5.32. The highest BCUT2D eigenvalue weighted by molar-refractivity contribution is 14.0. The number of nitrogens with zero attached hydrogens (tertiary/aromatic N) is 2. The molecule has 3 N–H and O–H groups in total. The number of guanidine groups is 1. The summed E-state index contributed by atoms with van der Waals surface area (Å²) in [5.74, 6) is 0.592. The molecular weight excluding hydrogens is 512 g/mol. The zero-order chi connectivity index (χ0) is 19.6. The van der Waals surface area contributed by atoms with Crippen LogP contribution >= 0.6 is 47.2 Å². The van der Waals surface area contributed by atoms with Gasteiger partial charge in [0, 0.05) is 44.8 Å². The summed E-state index contributed by atoms with van der Waals surface area (Å²) in [6.45, 7) is 6.72. The van der Waals surface area contributed by atoms with Gasteiger partial charge >= 0.3 is 0 Å². The molecule has 1 fully saturated rings. The normalized spacial score (nSPS) is 15.6. The van der Waals surface area contributed by atoms with Gasteiger partial charge in [-0.2, -0.15) is 0 Å². The summed E-state index contributed by atoms with van der Waals surface area (Å²) in [7, 11) is 1.76. The third-order valence-electron chi connectivity index (χ3n) is 4.58. The van der Waals surface area contributed by atoms with E-state index in [4.69, 9.17) is 23.2 Å². The van der Waals surface area contributed by atoms with Crippen LogP contribution in [0, 0.1) is 0 Å². The van der Waals surface area contributed by atoms with Gasteiger partial charge in [0.25, 0.3) is 5.91 Å². The Kier molecular flexibility index (Phi) is 12.1. The Bertz CT molecular complexity index is 651. The van der Waals surface area contributed by atoms with Gasteiger partial charge in [-0.25, -0.2) is 0 Å². The van der Waals surface area contributed by atoms with Crippen LogP contribution in [0.5, 0.6) is 0 Å². The molecule has 0 atom stereocenters. The number of carbonyl (C=O) groups is 1. The first-order valence-electron chi connectivity index (χ1n) is 9.46. The van der Waals surface area contributed by atoms with Gasteiger partial charge in [-0.3, -0.25) is 9.79 Å². The van der Waals surface area contributed by atoms with E-state index >= 15 is 0 Å². The lowest BCUT2D eigenvalue weighted by molar-refractivity contribution is 0.0954. The Labute approximate surface area is 194 Å². The van der Waals surface area contributed by atoms with Gasteiger partial charge in [0.05, 0.1) is 10.0 Å². The molecule has 0 bridgehead atoms. The van der Waals surface area contributed by atoms with E-state index in [1.54, 1.807) is 25.2 Å². The number of benzene rings is 1. The highest BCUT2D eigenvalue weighted by Gasteiger charge is 2.19. The number of rotatable bonds is 7. The first kappa shape index (κ1) is 25.3. The van der Waals surface area contributed by atoms with Crippen molar-refractivity contribution in [2.24, 2.45) is 4.99 Å². The third kappa shape index (κ3) is 8.31. The largest absolute Gasteiger partial charge is 0.355 e. The number of amides is 1. The number of carbonyl (C=O) groups excluding carboxylic acids is 1. The highest BCUT2D eigenvalue weighted by Crippen LogP contribution is 2.22. The van der Waals surface area contributed by atoms with E-state index in [0.29, 0.717) is 34.7 Å². The molecule has 6 nitrogen and oxygen atoms in total. The van der Waals surface area contributed by atoms with E-state index in [9.17, 15) is 4.79 Å². The van der Waals surface area contributed by atoms with E-state index < -0.39 is 0 Å². The van der Waals surface area contributed by atoms with Gasteiger partial charge in [-0.05, 0) is 44.0 Å². The van der Waals surface area contributed by atoms with Crippen molar-refractivity contribution in [2.75, 3.05) is 39.8 Å². The summed E-state index contributed by atoms with van der Waals surface area (Å²) < 4.78 is 0. The van der Waals surface area contributed by atoms with Gasteiger partial charge in [-0.1, -0.05) is 30.1 Å². The minimum atomic E-state index is -0.179. The molecule has 1 heterocycles. The summed E-state index contributed by atoms with van der Waals surface area (Å²) >= 11 is 11.8. The molecule has 1 aromatic carbocycles. The van der Waals surface area contributed by atoms with E-state index in [-0.39, 0.29) is 29.9 Å². The van der Waals surface area contributed by atoms with Crippen LogP contribution < -0.4 is 16.0 Å². The van der Waals surface area contributed by atoms with E-state index in [1.807, 2.05) is 0 Å². The molecule has 0 aromatic heterocycles. The molecule has 9 heteroatoms. The molecular formula is C19H30Cl2IN5O. The first-order chi connectivity index (χ1) is 13.0. The summed E-state index contributed by atoms with van der Waals surface area (Å²) in [5.41, 5.74) is 0.491. The summed E-state index contributed by atoms with van der Waals surface area (Å²) in [4.78, 5) is 18.9. The SMILES string of the molecule is CCCN1CCC(NC(=NC)NCCNC(=O)c2ccc(Cl)c(Cl)c2)CC1.I. The Balaban J connectivity index is 0.00000392. The van der Waals surface area contributed by atoms with Crippen molar-refractivity contribution in [3.63, 3.8) is 0 Å². The maximum atomic E-state index is 12.1. The summed E-state index contributed by atoms with van der Waals surface area (Å²) in [6.07, 6.45) is 3.44. The number of hydrogen-bond donors (Lipinski definition) is 3. The fraction of sp³-hybridized carbons (Fsp3) is 0.579. The standard InChI is InChI=1S/C19H29Cl2N5O.HI/c1-3-10-26-11-6-15(7-12-26)25-19(22-2)24-9-8-23-18(27)14-4-5-16(20)17(21)13-14;/h4-5,13,15H,3,6-12H2,1-2H3,(H,23,27)(H2,22,24,25);1H. The fourth-order valence-electron chi connectivity index (χ4n) is 3.10. The molecule has 1 aromatic rings. The lowest BCUT2D eigenvalue weighted by Gasteiger charge is -2.32. The number of likely N-dealkylation sites (tertiary alicyclic amines) is 1. The topological polar surface area (TPSA) is 68.8 Å². The average molecular weight is 542 g/mol. The number of hydrogen-bond acceptors (Lipinski definition) is 3. The van der Waals surface area contributed by atoms with Gasteiger partial charge in [0.15, 0.2) is 5.96 Å². The smallest absolute Gasteiger partial charge is 0.251 e. The number of piperidine rings is 1. The first-order valence-corrected chi connectivity index (χ1v) is 10.2. The fourth-order valence-corrected chi connectivity index (χ4v) is 3.40. The molecule has 158 valence electrons. The Hall–Kier alpha value is -0.770. The number of aliphatic imine (C=N–C) groups is 1. The molecule has 2 rings (SSSR count). The van der Waals surface area contributed by atoms with E-state index in [1.165, 1.54) is 13.0 Å². The van der Waals surface area contributed by atoms with Crippen molar-refractivity contribution in [2.45, 2.75) is 32.2 Å².